The SMILES string of the molecule is Cc1onc(-c2ccccc2Cl)c1C(=O)NCC(C1CCOC1)N1CCOCC1. The Morgan fingerprint density at radius 2 is 2.07 bits per heavy atom. The lowest BCUT2D eigenvalue weighted by atomic mass is 9.96. The van der Waals surface area contributed by atoms with Crippen LogP contribution >= 0.6 is 11.6 Å². The van der Waals surface area contributed by atoms with E-state index >= 15 is 0 Å². The van der Waals surface area contributed by atoms with E-state index in [2.05, 4.69) is 15.4 Å². The summed E-state index contributed by atoms with van der Waals surface area (Å²) in [6, 6.07) is 7.53. The van der Waals surface area contributed by atoms with Crippen LogP contribution in [0.25, 0.3) is 11.3 Å². The maximum Gasteiger partial charge on any atom is 0.257 e. The van der Waals surface area contributed by atoms with Crippen molar-refractivity contribution in [2.75, 3.05) is 46.1 Å². The molecule has 2 aliphatic heterocycles. The molecule has 1 aromatic carbocycles. The second-order valence-electron chi connectivity index (χ2n) is 7.49. The van der Waals surface area contributed by atoms with E-state index in [-0.39, 0.29) is 11.9 Å². The second kappa shape index (κ2) is 9.26. The fraction of sp³-hybridized carbons (Fsp3) is 0.524. The lowest BCUT2D eigenvalue weighted by Gasteiger charge is -2.37. The first kappa shape index (κ1) is 20.3. The Bertz CT molecular complexity index is 844. The maximum absolute atomic E-state index is 13.1. The summed E-state index contributed by atoms with van der Waals surface area (Å²) >= 11 is 6.31. The number of morpholine rings is 1. The van der Waals surface area contributed by atoms with Gasteiger partial charge in [0.2, 0.25) is 0 Å². The predicted molar refractivity (Wildman–Crippen MR) is 109 cm³/mol. The zero-order valence-electron chi connectivity index (χ0n) is 16.5. The monoisotopic (exact) mass is 419 g/mol. The molecule has 1 aromatic heterocycles. The highest BCUT2D eigenvalue weighted by Crippen LogP contribution is 2.31. The topological polar surface area (TPSA) is 76.8 Å². The first-order valence-electron chi connectivity index (χ1n) is 10.0. The quantitative estimate of drug-likeness (QED) is 0.775. The van der Waals surface area contributed by atoms with Crippen LogP contribution in [0.15, 0.2) is 28.8 Å². The smallest absolute Gasteiger partial charge is 0.257 e. The zero-order chi connectivity index (χ0) is 20.2. The van der Waals surface area contributed by atoms with E-state index in [1.165, 1.54) is 0 Å². The van der Waals surface area contributed by atoms with Crippen molar-refractivity contribution in [2.45, 2.75) is 19.4 Å². The molecule has 0 saturated carbocycles. The lowest BCUT2D eigenvalue weighted by molar-refractivity contribution is 0.00166. The third kappa shape index (κ3) is 4.48. The van der Waals surface area contributed by atoms with Crippen molar-refractivity contribution < 1.29 is 18.8 Å². The van der Waals surface area contributed by atoms with E-state index in [1.807, 2.05) is 18.2 Å². The van der Waals surface area contributed by atoms with Crippen molar-refractivity contribution in [3.63, 3.8) is 0 Å². The third-order valence-electron chi connectivity index (χ3n) is 5.71. The fourth-order valence-electron chi connectivity index (χ4n) is 4.12. The number of nitrogens with one attached hydrogen (secondary N) is 1. The molecule has 2 unspecified atom stereocenters. The van der Waals surface area contributed by atoms with Crippen LogP contribution in [-0.4, -0.2) is 68.1 Å². The highest BCUT2D eigenvalue weighted by Gasteiger charge is 2.32. The Morgan fingerprint density at radius 3 is 2.79 bits per heavy atom. The average Bonchev–Trinajstić information content (AvgIpc) is 3.39. The van der Waals surface area contributed by atoms with Crippen LogP contribution in [-0.2, 0) is 9.47 Å². The summed E-state index contributed by atoms with van der Waals surface area (Å²) in [7, 11) is 0. The molecule has 156 valence electrons. The molecule has 2 saturated heterocycles. The van der Waals surface area contributed by atoms with E-state index in [9.17, 15) is 4.79 Å². The van der Waals surface area contributed by atoms with Gasteiger partial charge in [0.25, 0.3) is 5.91 Å². The van der Waals surface area contributed by atoms with Gasteiger partial charge in [-0.2, -0.15) is 0 Å². The molecule has 0 spiro atoms. The summed E-state index contributed by atoms with van der Waals surface area (Å²) in [5.41, 5.74) is 1.59. The summed E-state index contributed by atoms with van der Waals surface area (Å²) in [6.45, 7) is 6.98. The number of aryl methyl sites for hydroxylation is 1. The maximum atomic E-state index is 13.1. The Hall–Kier alpha value is -1.93. The van der Waals surface area contributed by atoms with Gasteiger partial charge in [0.15, 0.2) is 0 Å². The van der Waals surface area contributed by atoms with Gasteiger partial charge in [0, 0.05) is 43.8 Å². The number of hydrogen-bond donors (Lipinski definition) is 1. The predicted octanol–water partition coefficient (Wildman–Crippen LogP) is 2.77. The number of ether oxygens (including phenoxy) is 2. The van der Waals surface area contributed by atoms with E-state index in [0.29, 0.717) is 40.1 Å². The molecule has 4 rings (SSSR count). The largest absolute Gasteiger partial charge is 0.381 e. The first-order chi connectivity index (χ1) is 14.1. The minimum Gasteiger partial charge on any atom is -0.381 e. The standard InChI is InChI=1S/C21H26ClN3O4/c1-14-19(20(24-29-14)16-4-2-3-5-17(16)22)21(26)23-12-18(15-6-9-28-13-15)25-7-10-27-11-8-25/h2-5,15,18H,6-13H2,1H3,(H,23,26). The van der Waals surface area contributed by atoms with Crippen LogP contribution in [0.3, 0.4) is 0 Å². The van der Waals surface area contributed by atoms with Gasteiger partial charge in [-0.05, 0) is 19.4 Å². The summed E-state index contributed by atoms with van der Waals surface area (Å²) in [5.74, 6) is 0.681. The third-order valence-corrected chi connectivity index (χ3v) is 6.04. The van der Waals surface area contributed by atoms with Gasteiger partial charge in [-0.15, -0.1) is 0 Å². The molecule has 0 bridgehead atoms. The number of nitrogens with zero attached hydrogens (tertiary/aromatic N) is 2. The van der Waals surface area contributed by atoms with Crippen molar-refractivity contribution in [3.8, 4) is 11.3 Å². The molecule has 2 aromatic rings. The second-order valence-corrected chi connectivity index (χ2v) is 7.90. The van der Waals surface area contributed by atoms with Crippen molar-refractivity contribution in [3.05, 3.63) is 40.6 Å². The number of rotatable bonds is 6. The molecule has 0 radical (unpaired) electrons. The molecule has 29 heavy (non-hydrogen) atoms. The lowest BCUT2D eigenvalue weighted by Crippen LogP contribution is -2.52. The van der Waals surface area contributed by atoms with Crippen LogP contribution in [0.1, 0.15) is 22.5 Å². The van der Waals surface area contributed by atoms with Crippen molar-refractivity contribution >= 4 is 17.5 Å². The summed E-state index contributed by atoms with van der Waals surface area (Å²) < 4.78 is 16.4. The van der Waals surface area contributed by atoms with Gasteiger partial charge in [0.05, 0.1) is 24.8 Å². The van der Waals surface area contributed by atoms with Gasteiger partial charge < -0.3 is 19.3 Å². The number of aromatic nitrogens is 1. The normalized spacial score (nSPS) is 21.2. The highest BCUT2D eigenvalue weighted by molar-refractivity contribution is 6.33. The van der Waals surface area contributed by atoms with Crippen LogP contribution in [0.5, 0.6) is 0 Å². The number of carbonyl (C=O) groups is 1. The number of carbonyl (C=O) groups excluding carboxylic acids is 1. The molecule has 3 heterocycles. The van der Waals surface area contributed by atoms with Crippen molar-refractivity contribution in [2.24, 2.45) is 5.92 Å². The number of amides is 1. The summed E-state index contributed by atoms with van der Waals surface area (Å²) in [5, 5.41) is 7.74. The molecule has 2 atom stereocenters. The van der Waals surface area contributed by atoms with Crippen molar-refractivity contribution in [1.82, 2.24) is 15.4 Å². The zero-order valence-corrected chi connectivity index (χ0v) is 17.3. The summed E-state index contributed by atoms with van der Waals surface area (Å²) in [6.07, 6.45) is 1.01. The van der Waals surface area contributed by atoms with E-state index in [1.54, 1.807) is 13.0 Å². The van der Waals surface area contributed by atoms with Crippen LogP contribution in [0.4, 0.5) is 0 Å². The highest BCUT2D eigenvalue weighted by atomic mass is 35.5. The molecule has 2 aliphatic rings. The minimum atomic E-state index is -0.198. The Kier molecular flexibility index (Phi) is 6.50. The Morgan fingerprint density at radius 1 is 1.28 bits per heavy atom. The molecule has 1 amide bonds. The van der Waals surface area contributed by atoms with Crippen molar-refractivity contribution in [1.29, 1.82) is 0 Å². The van der Waals surface area contributed by atoms with Gasteiger partial charge in [0.1, 0.15) is 17.0 Å². The van der Waals surface area contributed by atoms with E-state index in [0.717, 1.165) is 45.9 Å². The fourth-order valence-corrected chi connectivity index (χ4v) is 4.35. The summed E-state index contributed by atoms with van der Waals surface area (Å²) in [4.78, 5) is 15.5. The number of hydrogen-bond acceptors (Lipinski definition) is 6. The van der Waals surface area contributed by atoms with Gasteiger partial charge in [-0.25, -0.2) is 0 Å². The van der Waals surface area contributed by atoms with Gasteiger partial charge >= 0.3 is 0 Å². The molecule has 7 nitrogen and oxygen atoms in total. The first-order valence-corrected chi connectivity index (χ1v) is 10.4. The molecule has 2 fully saturated rings. The van der Waals surface area contributed by atoms with Crippen LogP contribution < -0.4 is 5.32 Å². The number of benzene rings is 1. The van der Waals surface area contributed by atoms with Crippen LogP contribution in [0.2, 0.25) is 5.02 Å². The van der Waals surface area contributed by atoms with Crippen LogP contribution in [0, 0.1) is 12.8 Å². The average molecular weight is 420 g/mol. The number of halogens is 1. The molecule has 8 heteroatoms. The minimum absolute atomic E-state index is 0.198. The Labute approximate surface area is 175 Å². The molecular weight excluding hydrogens is 394 g/mol. The molecule has 0 aliphatic carbocycles. The van der Waals surface area contributed by atoms with Gasteiger partial charge in [-0.1, -0.05) is 35.0 Å². The Balaban J connectivity index is 1.51. The van der Waals surface area contributed by atoms with Gasteiger partial charge in [-0.3, -0.25) is 9.69 Å². The van der Waals surface area contributed by atoms with E-state index < -0.39 is 0 Å². The molecule has 1 N–H and O–H groups in total. The molecular formula is C21H26ClN3O4. The van der Waals surface area contributed by atoms with E-state index in [4.69, 9.17) is 25.6 Å².